The molecule has 0 bridgehead atoms. The van der Waals surface area contributed by atoms with Crippen LogP contribution in [0.15, 0.2) is 102 Å². The lowest BCUT2D eigenvalue weighted by Gasteiger charge is -2.07. The highest BCUT2D eigenvalue weighted by molar-refractivity contribution is 5.39. The summed E-state index contributed by atoms with van der Waals surface area (Å²) >= 11 is 0. The van der Waals surface area contributed by atoms with Gasteiger partial charge in [-0.1, -0.05) is 60.7 Å². The first-order valence-corrected chi connectivity index (χ1v) is 15.9. The molecule has 5 aromatic rings. The van der Waals surface area contributed by atoms with Crippen LogP contribution in [-0.4, -0.2) is 46.0 Å². The number of unbranched alkanes of at least 4 members (excludes halogenated alkanes) is 4. The zero-order valence-electron chi connectivity index (χ0n) is 26.4. The van der Waals surface area contributed by atoms with E-state index < -0.39 is 0 Å². The standard InChI is InChI=1S/C18H21N3O3.C18H24N2O2/c22-18-20-19-17-10-9-16(13-21(17)18)24-12-6-2-5-11-23-14-15-7-3-1-4-8-15;19-13-17-9-10-18(14-20-17)22-12-6-2-5-11-21-15-16-7-3-1-4-8-16/h1,3-4,7-10,13H,2,5-6,11-12,14H2,(H,20,22);1,3-4,7-10,14H,2,5-6,11-13,15,19H2. The first kappa shape index (κ1) is 34.4. The molecule has 46 heavy (non-hydrogen) atoms. The summed E-state index contributed by atoms with van der Waals surface area (Å²) in [7, 11) is 0. The van der Waals surface area contributed by atoms with Gasteiger partial charge in [-0.15, -0.1) is 0 Å². The highest BCUT2D eigenvalue weighted by Crippen LogP contribution is 2.12. The van der Waals surface area contributed by atoms with Gasteiger partial charge in [0.2, 0.25) is 0 Å². The predicted octanol–water partition coefficient (Wildman–Crippen LogP) is 6.09. The van der Waals surface area contributed by atoms with Crippen LogP contribution in [0.3, 0.4) is 0 Å². The Morgan fingerprint density at radius 3 is 1.78 bits per heavy atom. The molecule has 10 heteroatoms. The summed E-state index contributed by atoms with van der Waals surface area (Å²) in [5.41, 5.74) is 9.13. The predicted molar refractivity (Wildman–Crippen MR) is 179 cm³/mol. The monoisotopic (exact) mass is 627 g/mol. The van der Waals surface area contributed by atoms with Crippen molar-refractivity contribution in [1.82, 2.24) is 19.6 Å². The maximum Gasteiger partial charge on any atom is 0.347 e. The number of aromatic nitrogens is 4. The summed E-state index contributed by atoms with van der Waals surface area (Å²) in [6, 6.07) is 27.8. The SMILES string of the molecule is NCc1ccc(OCCCCCOCc2ccccc2)cn1.O=c1[nH]nc2ccc(OCCCCCOCc3ccccc3)cn12. The Morgan fingerprint density at radius 2 is 1.22 bits per heavy atom. The van der Waals surface area contributed by atoms with Crippen LogP contribution >= 0.6 is 0 Å². The average Bonchev–Trinajstić information content (AvgIpc) is 3.48. The fraction of sp³-hybridized carbons (Fsp3) is 0.361. The van der Waals surface area contributed by atoms with E-state index in [1.54, 1.807) is 18.5 Å². The molecule has 0 aliphatic carbocycles. The Bertz CT molecular complexity index is 1560. The number of fused-ring (bicyclic) bond motifs is 1. The second-order valence-electron chi connectivity index (χ2n) is 10.7. The lowest BCUT2D eigenvalue weighted by molar-refractivity contribution is 0.115. The third kappa shape index (κ3) is 12.8. The lowest BCUT2D eigenvalue weighted by Crippen LogP contribution is -2.09. The van der Waals surface area contributed by atoms with Crippen LogP contribution in [0.2, 0.25) is 0 Å². The number of pyridine rings is 2. The van der Waals surface area contributed by atoms with Crippen molar-refractivity contribution >= 4 is 5.65 Å². The molecule has 0 saturated heterocycles. The maximum atomic E-state index is 11.5. The van der Waals surface area contributed by atoms with Crippen molar-refractivity contribution in [2.45, 2.75) is 58.3 Å². The number of nitrogens with zero attached hydrogens (tertiary/aromatic N) is 3. The van der Waals surface area contributed by atoms with Crippen LogP contribution < -0.4 is 20.9 Å². The molecule has 0 radical (unpaired) electrons. The molecule has 3 aromatic heterocycles. The van der Waals surface area contributed by atoms with Gasteiger partial charge in [0.1, 0.15) is 11.5 Å². The zero-order valence-corrected chi connectivity index (χ0v) is 26.4. The minimum absolute atomic E-state index is 0.258. The van der Waals surface area contributed by atoms with Gasteiger partial charge in [-0.25, -0.2) is 14.3 Å². The van der Waals surface area contributed by atoms with Gasteiger partial charge in [0.15, 0.2) is 5.65 Å². The van der Waals surface area contributed by atoms with Crippen molar-refractivity contribution in [3.8, 4) is 11.5 Å². The molecule has 3 N–H and O–H groups in total. The van der Waals surface area contributed by atoms with Gasteiger partial charge >= 0.3 is 5.69 Å². The number of rotatable bonds is 19. The maximum absolute atomic E-state index is 11.5. The highest BCUT2D eigenvalue weighted by Gasteiger charge is 2.02. The van der Waals surface area contributed by atoms with Crippen LogP contribution in [0.4, 0.5) is 0 Å². The van der Waals surface area contributed by atoms with Crippen molar-refractivity contribution in [3.63, 3.8) is 0 Å². The molecule has 0 atom stereocenters. The van der Waals surface area contributed by atoms with Crippen LogP contribution in [0.25, 0.3) is 5.65 Å². The van der Waals surface area contributed by atoms with E-state index in [2.05, 4.69) is 39.4 Å². The molecule has 10 nitrogen and oxygen atoms in total. The van der Waals surface area contributed by atoms with Crippen molar-refractivity contribution in [3.05, 3.63) is 125 Å². The molecule has 0 aliphatic heterocycles. The third-order valence-electron chi connectivity index (χ3n) is 7.02. The molecule has 244 valence electrons. The van der Waals surface area contributed by atoms with Crippen LogP contribution in [0.5, 0.6) is 11.5 Å². The Hall–Kier alpha value is -4.51. The van der Waals surface area contributed by atoms with Gasteiger partial charge in [-0.3, -0.25) is 4.98 Å². The molecular weight excluding hydrogens is 582 g/mol. The molecule has 3 heterocycles. The summed E-state index contributed by atoms with van der Waals surface area (Å²) in [6.07, 6.45) is 9.57. The number of ether oxygens (including phenoxy) is 4. The molecule has 0 fully saturated rings. The van der Waals surface area contributed by atoms with E-state index in [4.69, 9.17) is 24.7 Å². The Kier molecular flexibility index (Phi) is 15.3. The molecule has 0 aliphatic rings. The zero-order chi connectivity index (χ0) is 32.1. The van der Waals surface area contributed by atoms with E-state index in [0.29, 0.717) is 44.4 Å². The molecular formula is C36H45N5O5. The number of H-pyrrole nitrogens is 1. The van der Waals surface area contributed by atoms with Gasteiger partial charge < -0.3 is 24.7 Å². The van der Waals surface area contributed by atoms with Crippen molar-refractivity contribution in [2.75, 3.05) is 26.4 Å². The van der Waals surface area contributed by atoms with Gasteiger partial charge in [0.05, 0.1) is 44.5 Å². The minimum Gasteiger partial charge on any atom is -0.492 e. The lowest BCUT2D eigenvalue weighted by atomic mass is 10.2. The quantitative estimate of drug-likeness (QED) is 0.105. The first-order valence-electron chi connectivity index (χ1n) is 15.9. The number of aromatic amines is 1. The number of benzene rings is 2. The number of nitrogens with one attached hydrogen (secondary N) is 1. The molecule has 0 spiro atoms. The summed E-state index contributed by atoms with van der Waals surface area (Å²) in [5.74, 6) is 1.48. The normalized spacial score (nSPS) is 10.8. The fourth-order valence-corrected chi connectivity index (χ4v) is 4.46. The fourth-order valence-electron chi connectivity index (χ4n) is 4.46. The smallest absolute Gasteiger partial charge is 0.347 e. The van der Waals surface area contributed by atoms with E-state index in [1.807, 2.05) is 54.6 Å². The van der Waals surface area contributed by atoms with E-state index in [-0.39, 0.29) is 5.69 Å². The molecule has 0 unspecified atom stereocenters. The largest absolute Gasteiger partial charge is 0.492 e. The van der Waals surface area contributed by atoms with E-state index in [0.717, 1.165) is 63.2 Å². The van der Waals surface area contributed by atoms with Crippen molar-refractivity contribution in [1.29, 1.82) is 0 Å². The Labute approximate surface area is 270 Å². The topological polar surface area (TPSA) is 126 Å². The van der Waals surface area contributed by atoms with Crippen LogP contribution in [0, 0.1) is 0 Å². The summed E-state index contributed by atoms with van der Waals surface area (Å²) < 4.78 is 24.0. The number of nitrogens with two attached hydrogens (primary N) is 1. The minimum atomic E-state index is -0.258. The molecule has 2 aromatic carbocycles. The summed E-state index contributed by atoms with van der Waals surface area (Å²) in [4.78, 5) is 15.7. The first-order chi connectivity index (χ1) is 22.7. The highest BCUT2D eigenvalue weighted by atomic mass is 16.5. The second-order valence-corrected chi connectivity index (χ2v) is 10.7. The van der Waals surface area contributed by atoms with E-state index >= 15 is 0 Å². The van der Waals surface area contributed by atoms with Crippen LogP contribution in [0.1, 0.15) is 55.3 Å². The number of hydrogen-bond acceptors (Lipinski definition) is 8. The summed E-state index contributed by atoms with van der Waals surface area (Å²) in [6.45, 7) is 4.70. The van der Waals surface area contributed by atoms with E-state index in [1.165, 1.54) is 15.5 Å². The van der Waals surface area contributed by atoms with Gasteiger partial charge in [-0.2, -0.15) is 5.10 Å². The molecule has 0 amide bonds. The van der Waals surface area contributed by atoms with Crippen LogP contribution in [-0.2, 0) is 29.2 Å². The van der Waals surface area contributed by atoms with Crippen molar-refractivity contribution < 1.29 is 18.9 Å². The van der Waals surface area contributed by atoms with Crippen molar-refractivity contribution in [2.24, 2.45) is 5.73 Å². The molecule has 5 rings (SSSR count). The second kappa shape index (κ2) is 20.5. The third-order valence-corrected chi connectivity index (χ3v) is 7.02. The Balaban J connectivity index is 0.000000210. The summed E-state index contributed by atoms with van der Waals surface area (Å²) in [5, 5.41) is 6.27. The molecule has 0 saturated carbocycles. The van der Waals surface area contributed by atoms with Gasteiger partial charge in [-0.05, 0) is 73.9 Å². The number of hydrogen-bond donors (Lipinski definition) is 2. The average molecular weight is 628 g/mol. The Morgan fingerprint density at radius 1 is 0.652 bits per heavy atom. The van der Waals surface area contributed by atoms with Gasteiger partial charge in [0.25, 0.3) is 0 Å². The van der Waals surface area contributed by atoms with E-state index in [9.17, 15) is 4.79 Å². The van der Waals surface area contributed by atoms with Gasteiger partial charge in [0, 0.05) is 19.8 Å².